The molecule has 1 aromatic carbocycles. The molecule has 1 aromatic heterocycles. The third-order valence-electron chi connectivity index (χ3n) is 2.08. The summed E-state index contributed by atoms with van der Waals surface area (Å²) in [6.07, 6.45) is 1.59. The molecule has 0 radical (unpaired) electrons. The number of rotatable bonds is 3. The third-order valence-corrected chi connectivity index (χ3v) is 2.08. The molecule has 5 nitrogen and oxygen atoms in total. The molecule has 1 amide bonds. The first kappa shape index (κ1) is 11.3. The van der Waals surface area contributed by atoms with Gasteiger partial charge in [-0.15, -0.1) is 5.10 Å². The van der Waals surface area contributed by atoms with Crippen LogP contribution in [0.15, 0.2) is 30.5 Å². The Hall–Kier alpha value is -2.24. The van der Waals surface area contributed by atoms with E-state index in [9.17, 15) is 9.18 Å². The van der Waals surface area contributed by atoms with Crippen molar-refractivity contribution in [3.8, 4) is 0 Å². The van der Waals surface area contributed by atoms with Crippen molar-refractivity contribution >= 4 is 11.7 Å². The summed E-state index contributed by atoms with van der Waals surface area (Å²) < 4.78 is 14.5. The molecule has 0 spiro atoms. The van der Waals surface area contributed by atoms with Gasteiger partial charge >= 0.3 is 0 Å². The second kappa shape index (κ2) is 4.73. The summed E-state index contributed by atoms with van der Waals surface area (Å²) in [5.41, 5.74) is 0.782. The van der Waals surface area contributed by atoms with E-state index in [0.29, 0.717) is 12.4 Å². The Kier molecular flexibility index (Phi) is 3.13. The van der Waals surface area contributed by atoms with Gasteiger partial charge in [-0.3, -0.25) is 4.79 Å². The van der Waals surface area contributed by atoms with Crippen molar-refractivity contribution < 1.29 is 9.18 Å². The van der Waals surface area contributed by atoms with E-state index in [1.807, 2.05) is 0 Å². The highest BCUT2D eigenvalue weighted by Gasteiger charge is 2.03. The van der Waals surface area contributed by atoms with Crippen LogP contribution in [0.25, 0.3) is 0 Å². The molecule has 0 aliphatic rings. The second-order valence-corrected chi connectivity index (χ2v) is 3.61. The fourth-order valence-electron chi connectivity index (χ4n) is 1.44. The van der Waals surface area contributed by atoms with Gasteiger partial charge in [0, 0.05) is 6.92 Å². The first-order valence-corrected chi connectivity index (χ1v) is 5.05. The molecule has 0 unspecified atom stereocenters. The Morgan fingerprint density at radius 2 is 2.35 bits per heavy atom. The molecule has 2 aromatic rings. The zero-order valence-electron chi connectivity index (χ0n) is 9.22. The number of hydrogen-bond acceptors (Lipinski definition) is 3. The van der Waals surface area contributed by atoms with Gasteiger partial charge in [-0.05, 0) is 17.7 Å². The number of nitrogens with one attached hydrogen (secondary N) is 1. The SMILES string of the molecule is CC(=O)Nc1cn(Cc2cccc(F)c2)nn1. The Labute approximate surface area is 97.3 Å². The summed E-state index contributed by atoms with van der Waals surface area (Å²) in [6, 6.07) is 6.24. The highest BCUT2D eigenvalue weighted by Crippen LogP contribution is 2.07. The summed E-state index contributed by atoms with van der Waals surface area (Å²) in [5, 5.41) is 10.1. The largest absolute Gasteiger partial charge is 0.308 e. The van der Waals surface area contributed by atoms with Gasteiger partial charge in [0.15, 0.2) is 5.82 Å². The summed E-state index contributed by atoms with van der Waals surface area (Å²) in [6.45, 7) is 1.80. The van der Waals surface area contributed by atoms with Crippen LogP contribution in [-0.4, -0.2) is 20.9 Å². The molecule has 0 atom stereocenters. The van der Waals surface area contributed by atoms with E-state index >= 15 is 0 Å². The average molecular weight is 234 g/mol. The zero-order valence-corrected chi connectivity index (χ0v) is 9.22. The Morgan fingerprint density at radius 3 is 3.06 bits per heavy atom. The number of carbonyl (C=O) groups excluding carboxylic acids is 1. The van der Waals surface area contributed by atoms with E-state index < -0.39 is 0 Å². The Balaban J connectivity index is 2.08. The lowest BCUT2D eigenvalue weighted by Crippen LogP contribution is -2.05. The van der Waals surface area contributed by atoms with Gasteiger partial charge in [0.1, 0.15) is 5.82 Å². The number of nitrogens with zero attached hydrogens (tertiary/aromatic N) is 3. The van der Waals surface area contributed by atoms with Crippen molar-refractivity contribution in [2.75, 3.05) is 5.32 Å². The number of amides is 1. The number of anilines is 1. The van der Waals surface area contributed by atoms with Crippen LogP contribution in [0.2, 0.25) is 0 Å². The van der Waals surface area contributed by atoms with Gasteiger partial charge in [0.05, 0.1) is 12.7 Å². The summed E-state index contributed by atoms with van der Waals surface area (Å²) in [5.74, 6) is -0.110. The maximum atomic E-state index is 12.9. The van der Waals surface area contributed by atoms with Crippen molar-refractivity contribution in [1.29, 1.82) is 0 Å². The topological polar surface area (TPSA) is 59.8 Å². The summed E-state index contributed by atoms with van der Waals surface area (Å²) in [7, 11) is 0. The molecule has 0 bridgehead atoms. The first-order valence-electron chi connectivity index (χ1n) is 5.05. The molecule has 6 heteroatoms. The molecule has 0 fully saturated rings. The number of aromatic nitrogens is 3. The maximum absolute atomic E-state index is 12.9. The second-order valence-electron chi connectivity index (χ2n) is 3.61. The lowest BCUT2D eigenvalue weighted by atomic mass is 10.2. The monoisotopic (exact) mass is 234 g/mol. The molecular formula is C11H11FN4O. The fraction of sp³-hybridized carbons (Fsp3) is 0.182. The molecule has 1 heterocycles. The van der Waals surface area contributed by atoms with Crippen molar-refractivity contribution in [1.82, 2.24) is 15.0 Å². The Bertz CT molecular complexity index is 538. The lowest BCUT2D eigenvalue weighted by Gasteiger charge is -2.00. The van der Waals surface area contributed by atoms with Crippen LogP contribution in [0, 0.1) is 5.82 Å². The minimum atomic E-state index is -0.287. The predicted octanol–water partition coefficient (Wildman–Crippen LogP) is 1.42. The van der Waals surface area contributed by atoms with Crippen molar-refractivity contribution in [3.05, 3.63) is 41.8 Å². The van der Waals surface area contributed by atoms with Crippen molar-refractivity contribution in [2.24, 2.45) is 0 Å². The summed E-state index contributed by atoms with van der Waals surface area (Å²) in [4.78, 5) is 10.8. The number of hydrogen-bond donors (Lipinski definition) is 1. The molecule has 2 rings (SSSR count). The molecule has 0 aliphatic carbocycles. The lowest BCUT2D eigenvalue weighted by molar-refractivity contribution is -0.114. The molecule has 17 heavy (non-hydrogen) atoms. The van der Waals surface area contributed by atoms with Crippen LogP contribution in [0.5, 0.6) is 0 Å². The zero-order chi connectivity index (χ0) is 12.3. The first-order chi connectivity index (χ1) is 8.13. The highest BCUT2D eigenvalue weighted by atomic mass is 19.1. The minimum absolute atomic E-state index is 0.206. The van der Waals surface area contributed by atoms with Crippen LogP contribution >= 0.6 is 0 Å². The molecule has 0 saturated heterocycles. The molecule has 0 aliphatic heterocycles. The van der Waals surface area contributed by atoms with E-state index in [0.717, 1.165) is 5.56 Å². The number of halogens is 1. The van der Waals surface area contributed by atoms with Crippen LogP contribution in [0.1, 0.15) is 12.5 Å². The fourth-order valence-corrected chi connectivity index (χ4v) is 1.44. The quantitative estimate of drug-likeness (QED) is 0.873. The van der Waals surface area contributed by atoms with Gasteiger partial charge in [0.25, 0.3) is 0 Å². The molecule has 88 valence electrons. The maximum Gasteiger partial charge on any atom is 0.222 e. The predicted molar refractivity (Wildman–Crippen MR) is 59.8 cm³/mol. The van der Waals surface area contributed by atoms with Crippen LogP contribution in [0.4, 0.5) is 10.2 Å². The smallest absolute Gasteiger partial charge is 0.222 e. The van der Waals surface area contributed by atoms with Crippen LogP contribution in [0.3, 0.4) is 0 Å². The van der Waals surface area contributed by atoms with E-state index in [1.165, 1.54) is 23.7 Å². The molecule has 1 N–H and O–H groups in total. The average Bonchev–Trinajstić information content (AvgIpc) is 2.64. The standard InChI is InChI=1S/C11H11FN4O/c1-8(17)13-11-7-16(15-14-11)6-9-3-2-4-10(12)5-9/h2-5,7H,6H2,1H3,(H,13,17). The van der Waals surface area contributed by atoms with Gasteiger partial charge in [-0.1, -0.05) is 17.3 Å². The number of carbonyl (C=O) groups is 1. The van der Waals surface area contributed by atoms with Gasteiger partial charge < -0.3 is 5.32 Å². The Morgan fingerprint density at radius 1 is 1.53 bits per heavy atom. The third kappa shape index (κ3) is 3.10. The minimum Gasteiger partial charge on any atom is -0.308 e. The van der Waals surface area contributed by atoms with E-state index in [4.69, 9.17) is 0 Å². The van der Waals surface area contributed by atoms with Gasteiger partial charge in [-0.25, -0.2) is 9.07 Å². The van der Waals surface area contributed by atoms with Gasteiger partial charge in [-0.2, -0.15) is 0 Å². The van der Waals surface area contributed by atoms with E-state index in [2.05, 4.69) is 15.6 Å². The van der Waals surface area contributed by atoms with Crippen molar-refractivity contribution in [3.63, 3.8) is 0 Å². The van der Waals surface area contributed by atoms with Crippen molar-refractivity contribution in [2.45, 2.75) is 13.5 Å². The summed E-state index contributed by atoms with van der Waals surface area (Å²) >= 11 is 0. The van der Waals surface area contributed by atoms with E-state index in [1.54, 1.807) is 18.3 Å². The van der Waals surface area contributed by atoms with Gasteiger partial charge in [0.2, 0.25) is 5.91 Å². The van der Waals surface area contributed by atoms with E-state index in [-0.39, 0.29) is 11.7 Å². The van der Waals surface area contributed by atoms with Crippen LogP contribution < -0.4 is 5.32 Å². The highest BCUT2D eigenvalue weighted by molar-refractivity contribution is 5.87. The number of benzene rings is 1. The molecular weight excluding hydrogens is 223 g/mol. The molecule has 0 saturated carbocycles. The normalized spacial score (nSPS) is 10.2. The van der Waals surface area contributed by atoms with Crippen LogP contribution in [-0.2, 0) is 11.3 Å².